The van der Waals surface area contributed by atoms with E-state index in [0.29, 0.717) is 21.9 Å². The number of H-pyrrole nitrogens is 1. The van der Waals surface area contributed by atoms with Crippen molar-refractivity contribution in [3.05, 3.63) is 76.6 Å². The number of aromatic nitrogens is 3. The number of aromatic amines is 1. The topological polar surface area (TPSA) is 70.7 Å². The fourth-order valence-corrected chi connectivity index (χ4v) is 3.64. The van der Waals surface area contributed by atoms with E-state index in [-0.39, 0.29) is 28.9 Å². The summed E-state index contributed by atoms with van der Waals surface area (Å²) < 4.78 is 42.1. The van der Waals surface area contributed by atoms with Gasteiger partial charge in [0.05, 0.1) is 18.3 Å². The minimum absolute atomic E-state index is 0.124. The fraction of sp³-hybridized carbons (Fsp3) is 0.174. The van der Waals surface area contributed by atoms with Crippen LogP contribution >= 0.6 is 11.6 Å². The molecule has 9 heteroatoms. The molecule has 0 aliphatic rings. The number of hydrogen-bond donors (Lipinski definition) is 2. The molecule has 0 bridgehead atoms. The Balaban J connectivity index is 1.50. The van der Waals surface area contributed by atoms with Crippen LogP contribution in [0.5, 0.6) is 0 Å². The van der Waals surface area contributed by atoms with Gasteiger partial charge in [-0.2, -0.15) is 0 Å². The highest BCUT2D eigenvalue weighted by Crippen LogP contribution is 2.31. The van der Waals surface area contributed by atoms with Gasteiger partial charge in [-0.15, -0.1) is 0 Å². The van der Waals surface area contributed by atoms with Gasteiger partial charge in [-0.1, -0.05) is 23.7 Å². The summed E-state index contributed by atoms with van der Waals surface area (Å²) in [4.78, 5) is 23.4. The molecule has 4 aromatic rings. The van der Waals surface area contributed by atoms with E-state index in [2.05, 4.69) is 20.3 Å². The van der Waals surface area contributed by atoms with E-state index in [1.807, 2.05) is 6.07 Å². The van der Waals surface area contributed by atoms with E-state index in [9.17, 15) is 18.0 Å². The van der Waals surface area contributed by atoms with Gasteiger partial charge >= 0.3 is 0 Å². The van der Waals surface area contributed by atoms with Gasteiger partial charge in [-0.25, -0.2) is 18.2 Å². The first-order valence-corrected chi connectivity index (χ1v) is 10.1. The summed E-state index contributed by atoms with van der Waals surface area (Å²) in [5.41, 5.74) is 2.11. The minimum atomic E-state index is -3.09. The first kappa shape index (κ1) is 21.8. The van der Waals surface area contributed by atoms with Crippen molar-refractivity contribution in [2.45, 2.75) is 26.2 Å². The maximum absolute atomic E-state index is 14.7. The van der Waals surface area contributed by atoms with Crippen molar-refractivity contribution in [2.24, 2.45) is 0 Å². The zero-order valence-electron chi connectivity index (χ0n) is 17.1. The molecule has 0 atom stereocenters. The van der Waals surface area contributed by atoms with Crippen molar-refractivity contribution in [3.63, 3.8) is 0 Å². The van der Waals surface area contributed by atoms with Crippen LogP contribution in [-0.2, 0) is 17.1 Å². The molecule has 3 heterocycles. The molecule has 0 fully saturated rings. The molecular formula is C23H18ClF3N4O. The van der Waals surface area contributed by atoms with Crippen molar-refractivity contribution in [2.75, 3.05) is 5.32 Å². The van der Waals surface area contributed by atoms with Crippen LogP contribution in [0.3, 0.4) is 0 Å². The lowest BCUT2D eigenvalue weighted by molar-refractivity contribution is -0.115. The Morgan fingerprint density at radius 1 is 1.12 bits per heavy atom. The van der Waals surface area contributed by atoms with Crippen LogP contribution < -0.4 is 5.32 Å². The molecule has 0 spiro atoms. The summed E-state index contributed by atoms with van der Waals surface area (Å²) in [6, 6.07) is 9.25. The molecule has 0 radical (unpaired) electrons. The average Bonchev–Trinajstić information content (AvgIpc) is 3.09. The number of halogens is 4. The Morgan fingerprint density at radius 3 is 2.62 bits per heavy atom. The van der Waals surface area contributed by atoms with Crippen molar-refractivity contribution < 1.29 is 18.0 Å². The van der Waals surface area contributed by atoms with E-state index in [4.69, 9.17) is 11.6 Å². The van der Waals surface area contributed by atoms with Gasteiger partial charge in [0.2, 0.25) is 5.91 Å². The molecule has 0 saturated carbocycles. The van der Waals surface area contributed by atoms with Crippen LogP contribution in [0.25, 0.3) is 22.2 Å². The second kappa shape index (κ2) is 8.27. The van der Waals surface area contributed by atoms with Crippen molar-refractivity contribution in [3.8, 4) is 11.1 Å². The summed E-state index contributed by atoms with van der Waals surface area (Å²) in [6.45, 7) is 2.23. The molecule has 5 nitrogen and oxygen atoms in total. The highest BCUT2D eigenvalue weighted by Gasteiger charge is 2.27. The summed E-state index contributed by atoms with van der Waals surface area (Å²) in [5, 5.41) is 3.74. The SMILES string of the molecule is Cc1ncc(NC(=O)Cc2ccc(-c3cnc4[nH]c(Cl)cc4c3)cc2F)cc1C(C)(F)F. The number of carbonyl (C=O) groups excluding carboxylic acids is 1. The lowest BCUT2D eigenvalue weighted by Gasteiger charge is -2.15. The summed E-state index contributed by atoms with van der Waals surface area (Å²) in [5.74, 6) is -4.20. The number of anilines is 1. The zero-order chi connectivity index (χ0) is 23.0. The smallest absolute Gasteiger partial charge is 0.272 e. The molecule has 2 N–H and O–H groups in total. The zero-order valence-corrected chi connectivity index (χ0v) is 17.9. The van der Waals surface area contributed by atoms with Gasteiger partial charge in [0.25, 0.3) is 5.92 Å². The molecule has 164 valence electrons. The second-order valence-electron chi connectivity index (χ2n) is 7.56. The molecular weight excluding hydrogens is 441 g/mol. The molecule has 32 heavy (non-hydrogen) atoms. The number of amides is 1. The highest BCUT2D eigenvalue weighted by molar-refractivity contribution is 6.30. The minimum Gasteiger partial charge on any atom is -0.330 e. The lowest BCUT2D eigenvalue weighted by Crippen LogP contribution is -2.17. The van der Waals surface area contributed by atoms with Crippen molar-refractivity contribution >= 4 is 34.2 Å². The molecule has 4 rings (SSSR count). The van der Waals surface area contributed by atoms with Crippen LogP contribution in [0.2, 0.25) is 5.15 Å². The number of pyridine rings is 2. The van der Waals surface area contributed by atoms with Gasteiger partial charge in [-0.05, 0) is 42.3 Å². The second-order valence-corrected chi connectivity index (χ2v) is 7.96. The number of aryl methyl sites for hydroxylation is 1. The first-order chi connectivity index (χ1) is 15.1. The Morgan fingerprint density at radius 2 is 1.91 bits per heavy atom. The normalized spacial score (nSPS) is 11.7. The quantitative estimate of drug-likeness (QED) is 0.384. The number of benzene rings is 1. The van der Waals surface area contributed by atoms with Gasteiger partial charge < -0.3 is 10.3 Å². The van der Waals surface area contributed by atoms with Crippen molar-refractivity contribution in [1.29, 1.82) is 0 Å². The molecule has 0 unspecified atom stereocenters. The summed E-state index contributed by atoms with van der Waals surface area (Å²) in [6.07, 6.45) is 2.63. The van der Waals surface area contributed by atoms with Gasteiger partial charge in [0.1, 0.15) is 16.6 Å². The lowest BCUT2D eigenvalue weighted by atomic mass is 10.0. The summed E-state index contributed by atoms with van der Waals surface area (Å²) in [7, 11) is 0. The number of carbonyl (C=O) groups is 1. The molecule has 3 aromatic heterocycles. The van der Waals surface area contributed by atoms with Crippen molar-refractivity contribution in [1.82, 2.24) is 15.0 Å². The Labute approximate surface area is 186 Å². The highest BCUT2D eigenvalue weighted by atomic mass is 35.5. The maximum Gasteiger partial charge on any atom is 0.272 e. The summed E-state index contributed by atoms with van der Waals surface area (Å²) >= 11 is 5.94. The number of fused-ring (bicyclic) bond motifs is 1. The van der Waals surface area contributed by atoms with Gasteiger partial charge in [-0.3, -0.25) is 9.78 Å². The van der Waals surface area contributed by atoms with Gasteiger partial charge in [0.15, 0.2) is 0 Å². The average molecular weight is 459 g/mol. The predicted octanol–water partition coefficient (Wildman–Crippen LogP) is 6.02. The number of nitrogens with one attached hydrogen (secondary N) is 2. The first-order valence-electron chi connectivity index (χ1n) is 9.68. The molecule has 0 aliphatic carbocycles. The Bertz CT molecular complexity index is 1330. The van der Waals surface area contributed by atoms with Crippen LogP contribution in [0.1, 0.15) is 23.7 Å². The predicted molar refractivity (Wildman–Crippen MR) is 117 cm³/mol. The third-order valence-corrected chi connectivity index (χ3v) is 5.22. The van der Waals surface area contributed by atoms with Crippen LogP contribution in [-0.4, -0.2) is 20.9 Å². The van der Waals surface area contributed by atoms with E-state index >= 15 is 0 Å². The third-order valence-electron chi connectivity index (χ3n) is 5.02. The van der Waals surface area contributed by atoms with Crippen LogP contribution in [0, 0.1) is 12.7 Å². The molecule has 0 aliphatic heterocycles. The molecule has 1 aromatic carbocycles. The number of hydrogen-bond acceptors (Lipinski definition) is 3. The van der Waals surface area contributed by atoms with Gasteiger partial charge in [0, 0.05) is 35.3 Å². The number of rotatable bonds is 5. The standard InChI is InChI=1S/C23H18ClF3N4O/c1-12-18(23(2,26)27)9-17(11-28-12)30-21(32)8-14-4-3-13(6-19(14)25)16-5-15-7-20(24)31-22(15)29-10-16/h3-7,9-11H,8H2,1-2H3,(H,29,31)(H,30,32). The molecule has 0 saturated heterocycles. The van der Waals surface area contributed by atoms with E-state index < -0.39 is 17.6 Å². The Kier molecular flexibility index (Phi) is 5.64. The fourth-order valence-electron chi connectivity index (χ4n) is 3.43. The third kappa shape index (κ3) is 4.60. The maximum atomic E-state index is 14.7. The number of alkyl halides is 2. The Hall–Kier alpha value is -3.39. The number of nitrogens with zero attached hydrogens (tertiary/aromatic N) is 2. The van der Waals surface area contributed by atoms with E-state index in [0.717, 1.165) is 12.3 Å². The van der Waals surface area contributed by atoms with Crippen LogP contribution in [0.4, 0.5) is 18.9 Å². The van der Waals surface area contributed by atoms with E-state index in [1.54, 1.807) is 18.3 Å². The monoisotopic (exact) mass is 458 g/mol. The van der Waals surface area contributed by atoms with Crippen LogP contribution in [0.15, 0.2) is 48.8 Å². The van der Waals surface area contributed by atoms with E-state index in [1.165, 1.54) is 31.3 Å². The molecule has 1 amide bonds. The largest absolute Gasteiger partial charge is 0.330 e.